The molecule has 1 aromatic heterocycles. The van der Waals surface area contributed by atoms with E-state index >= 15 is 0 Å². The number of rotatable bonds is 2. The number of carbonyl (C=O) groups excluding carboxylic acids is 1. The third-order valence-electron chi connectivity index (χ3n) is 2.85. The molecule has 0 N–H and O–H groups in total. The van der Waals surface area contributed by atoms with E-state index in [1.54, 1.807) is 17.3 Å². The van der Waals surface area contributed by atoms with Crippen molar-refractivity contribution in [1.29, 1.82) is 0 Å². The minimum Gasteiger partial charge on any atom is -0.450 e. The summed E-state index contributed by atoms with van der Waals surface area (Å²) in [6.07, 6.45) is 5.35. The normalized spacial score (nSPS) is 19.8. The number of amides is 1. The van der Waals surface area contributed by atoms with E-state index in [1.807, 2.05) is 19.1 Å². The Bertz CT molecular complexity index is 353. The van der Waals surface area contributed by atoms with E-state index in [1.165, 1.54) is 0 Å². The molecule has 0 aromatic carbocycles. The lowest BCUT2D eigenvalue weighted by molar-refractivity contribution is 0.103. The Balaban J connectivity index is 2.12. The molecule has 1 fully saturated rings. The van der Waals surface area contributed by atoms with Crippen LogP contribution >= 0.6 is 0 Å². The van der Waals surface area contributed by atoms with Crippen LogP contribution in [0.25, 0.3) is 0 Å². The van der Waals surface area contributed by atoms with Gasteiger partial charge in [-0.05, 0) is 37.5 Å². The van der Waals surface area contributed by atoms with Gasteiger partial charge in [-0.1, -0.05) is 0 Å². The van der Waals surface area contributed by atoms with Crippen LogP contribution in [0.2, 0.25) is 0 Å². The van der Waals surface area contributed by atoms with Gasteiger partial charge in [0.15, 0.2) is 0 Å². The molecule has 1 aromatic rings. The molecule has 4 heteroatoms. The molecule has 86 valence electrons. The van der Waals surface area contributed by atoms with Gasteiger partial charge in [-0.15, -0.1) is 0 Å². The maximum atomic E-state index is 11.7. The van der Waals surface area contributed by atoms with Crippen LogP contribution in [0.15, 0.2) is 24.5 Å². The molecule has 1 aliphatic rings. The Morgan fingerprint density at radius 2 is 2.31 bits per heavy atom. The lowest BCUT2D eigenvalue weighted by Gasteiger charge is -2.23. The molecule has 0 spiro atoms. The molecule has 2 heterocycles. The van der Waals surface area contributed by atoms with Crippen LogP contribution in [0.3, 0.4) is 0 Å². The topological polar surface area (TPSA) is 42.4 Å². The van der Waals surface area contributed by atoms with Crippen molar-refractivity contribution in [2.24, 2.45) is 0 Å². The molecular weight excluding hydrogens is 204 g/mol. The third-order valence-corrected chi connectivity index (χ3v) is 2.85. The summed E-state index contributed by atoms with van der Waals surface area (Å²) in [4.78, 5) is 17.5. The SMILES string of the molecule is CCOC(=O)N1CCCC1c1ccncc1. The highest BCUT2D eigenvalue weighted by Gasteiger charge is 2.30. The Labute approximate surface area is 95.2 Å². The number of hydrogen-bond donors (Lipinski definition) is 0. The Morgan fingerprint density at radius 1 is 1.56 bits per heavy atom. The molecule has 1 unspecified atom stereocenters. The van der Waals surface area contributed by atoms with Crippen LogP contribution in [0.1, 0.15) is 31.4 Å². The molecule has 1 aliphatic heterocycles. The van der Waals surface area contributed by atoms with Gasteiger partial charge in [0.05, 0.1) is 12.6 Å². The van der Waals surface area contributed by atoms with Crippen molar-refractivity contribution in [1.82, 2.24) is 9.88 Å². The Hall–Kier alpha value is -1.58. The van der Waals surface area contributed by atoms with Crippen molar-refractivity contribution in [2.45, 2.75) is 25.8 Å². The standard InChI is InChI=1S/C12H16N2O2/c1-2-16-12(15)14-9-3-4-11(14)10-5-7-13-8-6-10/h5-8,11H,2-4,9H2,1H3. The Morgan fingerprint density at radius 3 is 3.00 bits per heavy atom. The number of likely N-dealkylation sites (tertiary alicyclic amines) is 1. The molecule has 2 rings (SSSR count). The van der Waals surface area contributed by atoms with Gasteiger partial charge in [-0.3, -0.25) is 4.98 Å². The van der Waals surface area contributed by atoms with Crippen molar-refractivity contribution in [3.8, 4) is 0 Å². The van der Waals surface area contributed by atoms with Crippen molar-refractivity contribution >= 4 is 6.09 Å². The lowest BCUT2D eigenvalue weighted by Crippen LogP contribution is -2.31. The summed E-state index contributed by atoms with van der Waals surface area (Å²) in [5, 5.41) is 0. The average molecular weight is 220 g/mol. The predicted molar refractivity (Wildman–Crippen MR) is 59.9 cm³/mol. The zero-order chi connectivity index (χ0) is 11.4. The summed E-state index contributed by atoms with van der Waals surface area (Å²) in [5.41, 5.74) is 1.14. The van der Waals surface area contributed by atoms with Gasteiger partial charge in [-0.2, -0.15) is 0 Å². The van der Waals surface area contributed by atoms with Crippen LogP contribution in [0.5, 0.6) is 0 Å². The van der Waals surface area contributed by atoms with Gasteiger partial charge >= 0.3 is 6.09 Å². The van der Waals surface area contributed by atoms with Gasteiger partial charge in [-0.25, -0.2) is 4.79 Å². The second-order valence-corrected chi connectivity index (χ2v) is 3.83. The largest absolute Gasteiger partial charge is 0.450 e. The smallest absolute Gasteiger partial charge is 0.410 e. The molecule has 0 radical (unpaired) electrons. The van der Waals surface area contributed by atoms with Crippen molar-refractivity contribution < 1.29 is 9.53 Å². The predicted octanol–water partition coefficient (Wildman–Crippen LogP) is 2.38. The molecule has 16 heavy (non-hydrogen) atoms. The Kier molecular flexibility index (Phi) is 3.39. The van der Waals surface area contributed by atoms with Gasteiger partial charge < -0.3 is 9.64 Å². The molecule has 1 saturated heterocycles. The first-order chi connectivity index (χ1) is 7.83. The summed E-state index contributed by atoms with van der Waals surface area (Å²) >= 11 is 0. The van der Waals surface area contributed by atoms with E-state index < -0.39 is 0 Å². The first kappa shape index (κ1) is 10.9. The first-order valence-corrected chi connectivity index (χ1v) is 5.66. The molecule has 4 nitrogen and oxygen atoms in total. The minimum absolute atomic E-state index is 0.155. The highest BCUT2D eigenvalue weighted by Crippen LogP contribution is 2.31. The van der Waals surface area contributed by atoms with Crippen LogP contribution in [0.4, 0.5) is 4.79 Å². The van der Waals surface area contributed by atoms with Gasteiger partial charge in [0, 0.05) is 18.9 Å². The van der Waals surface area contributed by atoms with Gasteiger partial charge in [0.2, 0.25) is 0 Å². The summed E-state index contributed by atoms with van der Waals surface area (Å²) in [6, 6.07) is 4.08. The summed E-state index contributed by atoms with van der Waals surface area (Å²) in [5.74, 6) is 0. The maximum absolute atomic E-state index is 11.7. The number of aromatic nitrogens is 1. The number of pyridine rings is 1. The highest BCUT2D eigenvalue weighted by molar-refractivity contribution is 5.68. The molecule has 1 amide bonds. The molecule has 0 aliphatic carbocycles. The third kappa shape index (κ3) is 2.15. The fourth-order valence-electron chi connectivity index (χ4n) is 2.12. The first-order valence-electron chi connectivity index (χ1n) is 5.66. The van der Waals surface area contributed by atoms with Crippen LogP contribution in [-0.2, 0) is 4.74 Å². The summed E-state index contributed by atoms with van der Waals surface area (Å²) in [7, 11) is 0. The second kappa shape index (κ2) is 4.96. The fourth-order valence-corrected chi connectivity index (χ4v) is 2.12. The summed E-state index contributed by atoms with van der Waals surface area (Å²) < 4.78 is 5.05. The van der Waals surface area contributed by atoms with Crippen LogP contribution in [0, 0.1) is 0 Å². The quantitative estimate of drug-likeness (QED) is 0.768. The summed E-state index contributed by atoms with van der Waals surface area (Å²) in [6.45, 7) is 3.04. The number of carbonyl (C=O) groups is 1. The molecule has 0 saturated carbocycles. The minimum atomic E-state index is -0.207. The second-order valence-electron chi connectivity index (χ2n) is 3.83. The number of ether oxygens (including phenoxy) is 1. The van der Waals surface area contributed by atoms with Crippen molar-refractivity contribution in [2.75, 3.05) is 13.2 Å². The average Bonchev–Trinajstić information content (AvgIpc) is 2.79. The highest BCUT2D eigenvalue weighted by atomic mass is 16.6. The van der Waals surface area contributed by atoms with Crippen LogP contribution in [-0.4, -0.2) is 29.1 Å². The maximum Gasteiger partial charge on any atom is 0.410 e. The van der Waals surface area contributed by atoms with Gasteiger partial charge in [0.25, 0.3) is 0 Å². The van der Waals surface area contributed by atoms with E-state index in [9.17, 15) is 4.79 Å². The fraction of sp³-hybridized carbons (Fsp3) is 0.500. The lowest BCUT2D eigenvalue weighted by atomic mass is 10.1. The molecular formula is C12H16N2O2. The van der Waals surface area contributed by atoms with Gasteiger partial charge in [0.1, 0.15) is 0 Å². The van der Waals surface area contributed by atoms with E-state index in [-0.39, 0.29) is 12.1 Å². The van der Waals surface area contributed by atoms with Crippen molar-refractivity contribution in [3.63, 3.8) is 0 Å². The van der Waals surface area contributed by atoms with E-state index in [2.05, 4.69) is 4.98 Å². The van der Waals surface area contributed by atoms with E-state index in [0.717, 1.165) is 24.9 Å². The zero-order valence-electron chi connectivity index (χ0n) is 9.43. The molecule has 0 bridgehead atoms. The number of hydrogen-bond acceptors (Lipinski definition) is 3. The van der Waals surface area contributed by atoms with Crippen molar-refractivity contribution in [3.05, 3.63) is 30.1 Å². The van der Waals surface area contributed by atoms with E-state index in [0.29, 0.717) is 6.61 Å². The van der Waals surface area contributed by atoms with E-state index in [4.69, 9.17) is 4.74 Å². The number of nitrogens with zero attached hydrogens (tertiary/aromatic N) is 2. The monoisotopic (exact) mass is 220 g/mol. The van der Waals surface area contributed by atoms with Crippen LogP contribution < -0.4 is 0 Å². The molecule has 1 atom stereocenters. The zero-order valence-corrected chi connectivity index (χ0v) is 9.43.